The highest BCUT2D eigenvalue weighted by molar-refractivity contribution is 7.81. The van der Waals surface area contributed by atoms with Gasteiger partial charge in [-0.1, -0.05) is 97.2 Å². The Kier molecular flexibility index (Phi) is 5.96. The van der Waals surface area contributed by atoms with Crippen molar-refractivity contribution in [1.29, 1.82) is 0 Å². The zero-order chi connectivity index (χ0) is 18.2. The molecule has 0 amide bonds. The van der Waals surface area contributed by atoms with E-state index in [4.69, 9.17) is 12.2 Å². The van der Waals surface area contributed by atoms with Crippen molar-refractivity contribution < 1.29 is 5.11 Å². The van der Waals surface area contributed by atoms with Crippen molar-refractivity contribution in [3.8, 4) is 0 Å². The summed E-state index contributed by atoms with van der Waals surface area (Å²) in [6, 6.07) is 29.2. The molecule has 0 aliphatic heterocycles. The van der Waals surface area contributed by atoms with E-state index in [0.29, 0.717) is 10.6 Å². The fourth-order valence-electron chi connectivity index (χ4n) is 2.54. The van der Waals surface area contributed by atoms with E-state index in [2.05, 4.69) is 5.32 Å². The van der Waals surface area contributed by atoms with Gasteiger partial charge in [-0.25, -0.2) is 0 Å². The van der Waals surface area contributed by atoms with Crippen LogP contribution >= 0.6 is 12.2 Å². The van der Waals surface area contributed by atoms with E-state index < -0.39 is 0 Å². The van der Waals surface area contributed by atoms with E-state index in [1.54, 1.807) is 6.08 Å². The molecule has 2 N–H and O–H groups in total. The number of nitrogens with one attached hydrogen (secondary N) is 1. The van der Waals surface area contributed by atoms with Gasteiger partial charge in [0.15, 0.2) is 0 Å². The first-order chi connectivity index (χ1) is 12.7. The van der Waals surface area contributed by atoms with E-state index in [-0.39, 0.29) is 5.76 Å². The second-order valence-corrected chi connectivity index (χ2v) is 6.10. The molecule has 0 atom stereocenters. The van der Waals surface area contributed by atoms with Gasteiger partial charge in [-0.2, -0.15) is 0 Å². The van der Waals surface area contributed by atoms with Crippen LogP contribution in [0.3, 0.4) is 0 Å². The number of hydrogen-bond donors (Lipinski definition) is 2. The molecule has 0 saturated heterocycles. The first-order valence-electron chi connectivity index (χ1n) is 8.32. The average molecular weight is 357 g/mol. The molecule has 0 aliphatic rings. The van der Waals surface area contributed by atoms with Crippen molar-refractivity contribution in [3.63, 3.8) is 0 Å². The first-order valence-corrected chi connectivity index (χ1v) is 8.73. The number of allylic oxidation sites excluding steroid dienone is 1. The normalized spacial score (nSPS) is 11.8. The Balaban J connectivity index is 1.95. The van der Waals surface area contributed by atoms with Crippen LogP contribution in [-0.2, 0) is 0 Å². The fraction of sp³-hybridized carbons (Fsp3) is 0. The minimum Gasteiger partial charge on any atom is -0.507 e. The number of anilines is 1. The molecule has 0 aliphatic carbocycles. The van der Waals surface area contributed by atoms with Gasteiger partial charge < -0.3 is 10.4 Å². The summed E-state index contributed by atoms with van der Waals surface area (Å²) in [5.41, 5.74) is 3.34. The third-order valence-corrected chi connectivity index (χ3v) is 4.12. The molecule has 0 radical (unpaired) electrons. The maximum absolute atomic E-state index is 10.7. The molecular formula is C23H19NOS. The molecule has 3 aromatic carbocycles. The minimum atomic E-state index is 0.119. The summed E-state index contributed by atoms with van der Waals surface area (Å²) in [7, 11) is 0. The van der Waals surface area contributed by atoms with Crippen molar-refractivity contribution >= 4 is 34.5 Å². The van der Waals surface area contributed by atoms with Gasteiger partial charge >= 0.3 is 0 Å². The van der Waals surface area contributed by atoms with Crippen molar-refractivity contribution in [3.05, 3.63) is 114 Å². The van der Waals surface area contributed by atoms with E-state index in [1.807, 2.05) is 97.1 Å². The highest BCUT2D eigenvalue weighted by atomic mass is 32.1. The van der Waals surface area contributed by atoms with Gasteiger partial charge in [-0.05, 0) is 29.3 Å². The van der Waals surface area contributed by atoms with Crippen LogP contribution < -0.4 is 5.32 Å². The Labute approximate surface area is 159 Å². The Hall–Kier alpha value is -3.17. The van der Waals surface area contributed by atoms with Crippen LogP contribution in [0.1, 0.15) is 11.1 Å². The van der Waals surface area contributed by atoms with E-state index in [1.165, 1.54) is 0 Å². The number of aliphatic hydroxyl groups is 1. The quantitative estimate of drug-likeness (QED) is 0.250. The topological polar surface area (TPSA) is 32.3 Å². The Morgan fingerprint density at radius 1 is 0.769 bits per heavy atom. The third-order valence-electron chi connectivity index (χ3n) is 3.81. The van der Waals surface area contributed by atoms with Gasteiger partial charge in [0.25, 0.3) is 0 Å². The maximum Gasteiger partial charge on any atom is 0.126 e. The second kappa shape index (κ2) is 8.79. The lowest BCUT2D eigenvalue weighted by atomic mass is 10.0. The maximum atomic E-state index is 10.7. The van der Waals surface area contributed by atoms with E-state index >= 15 is 0 Å². The highest BCUT2D eigenvalue weighted by Gasteiger charge is 2.13. The molecule has 2 nitrogen and oxygen atoms in total. The zero-order valence-corrected chi connectivity index (χ0v) is 15.0. The van der Waals surface area contributed by atoms with Crippen LogP contribution in [0.4, 0.5) is 5.69 Å². The van der Waals surface area contributed by atoms with Crippen LogP contribution in [0.25, 0.3) is 11.6 Å². The van der Waals surface area contributed by atoms with Gasteiger partial charge in [0.05, 0.1) is 5.57 Å². The Morgan fingerprint density at radius 3 is 1.92 bits per heavy atom. The molecule has 3 aromatic rings. The largest absolute Gasteiger partial charge is 0.507 e. The summed E-state index contributed by atoms with van der Waals surface area (Å²) in [4.78, 5) is 0.470. The predicted molar refractivity (Wildman–Crippen MR) is 114 cm³/mol. The molecule has 0 bridgehead atoms. The molecular weight excluding hydrogens is 338 g/mol. The standard InChI is InChI=1S/C23H19NOS/c25-21(17-16-18-10-4-1-5-11-18)22(19-12-6-2-7-13-19)23(26)24-20-14-8-3-9-15-20/h1-17,25H,(H,24,26)/b17-16+,22-21+. The van der Waals surface area contributed by atoms with Crippen LogP contribution in [-0.4, -0.2) is 10.1 Å². The second-order valence-electron chi connectivity index (χ2n) is 5.69. The van der Waals surface area contributed by atoms with Crippen molar-refractivity contribution in [2.75, 3.05) is 5.32 Å². The molecule has 3 heteroatoms. The van der Waals surface area contributed by atoms with Crippen LogP contribution in [0.2, 0.25) is 0 Å². The zero-order valence-electron chi connectivity index (χ0n) is 14.2. The lowest BCUT2D eigenvalue weighted by Crippen LogP contribution is -2.13. The summed E-state index contributed by atoms with van der Waals surface area (Å²) >= 11 is 5.58. The molecule has 0 saturated carbocycles. The van der Waals surface area contributed by atoms with Gasteiger partial charge in [-0.3, -0.25) is 0 Å². The number of thiocarbonyl (C=S) groups is 1. The van der Waals surface area contributed by atoms with Crippen molar-refractivity contribution in [1.82, 2.24) is 0 Å². The number of aliphatic hydroxyl groups excluding tert-OH is 1. The SMILES string of the molecule is OC(/C=C/c1ccccc1)=C(/C(=S)Nc1ccccc1)c1ccccc1. The van der Waals surface area contributed by atoms with Gasteiger partial charge in [0.2, 0.25) is 0 Å². The summed E-state index contributed by atoms with van der Waals surface area (Å²) in [6.45, 7) is 0. The van der Waals surface area contributed by atoms with Crippen LogP contribution in [0.15, 0.2) is 103 Å². The lowest BCUT2D eigenvalue weighted by molar-refractivity contribution is 0.437. The third kappa shape index (κ3) is 4.68. The molecule has 0 spiro atoms. The molecule has 0 aromatic heterocycles. The van der Waals surface area contributed by atoms with Gasteiger partial charge in [-0.15, -0.1) is 0 Å². The molecule has 26 heavy (non-hydrogen) atoms. The van der Waals surface area contributed by atoms with Crippen LogP contribution in [0.5, 0.6) is 0 Å². The lowest BCUT2D eigenvalue weighted by Gasteiger charge is -2.13. The molecule has 3 rings (SSSR count). The number of rotatable bonds is 5. The summed E-state index contributed by atoms with van der Waals surface area (Å²) in [6.07, 6.45) is 3.54. The summed E-state index contributed by atoms with van der Waals surface area (Å²) in [5, 5.41) is 13.9. The van der Waals surface area contributed by atoms with Crippen molar-refractivity contribution in [2.45, 2.75) is 0 Å². The first kappa shape index (κ1) is 17.6. The number of para-hydroxylation sites is 1. The molecule has 128 valence electrons. The van der Waals surface area contributed by atoms with Gasteiger partial charge in [0.1, 0.15) is 10.7 Å². The number of benzene rings is 3. The van der Waals surface area contributed by atoms with E-state index in [0.717, 1.165) is 16.8 Å². The predicted octanol–water partition coefficient (Wildman–Crippen LogP) is 6.11. The number of hydrogen-bond acceptors (Lipinski definition) is 2. The summed E-state index contributed by atoms with van der Waals surface area (Å²) in [5.74, 6) is 0.119. The average Bonchev–Trinajstić information content (AvgIpc) is 2.69. The Bertz CT molecular complexity index is 916. The highest BCUT2D eigenvalue weighted by Crippen LogP contribution is 2.22. The summed E-state index contributed by atoms with van der Waals surface area (Å²) < 4.78 is 0. The van der Waals surface area contributed by atoms with Gasteiger partial charge in [0, 0.05) is 5.69 Å². The fourth-order valence-corrected chi connectivity index (χ4v) is 2.88. The molecule has 0 heterocycles. The minimum absolute atomic E-state index is 0.119. The van der Waals surface area contributed by atoms with E-state index in [9.17, 15) is 5.11 Å². The Morgan fingerprint density at radius 2 is 1.31 bits per heavy atom. The molecule has 0 unspecified atom stereocenters. The molecule has 0 fully saturated rings. The van der Waals surface area contributed by atoms with Crippen LogP contribution in [0, 0.1) is 0 Å². The smallest absolute Gasteiger partial charge is 0.126 e. The van der Waals surface area contributed by atoms with Crippen molar-refractivity contribution in [2.24, 2.45) is 0 Å². The monoisotopic (exact) mass is 357 g/mol.